The Labute approximate surface area is 94.1 Å². The van der Waals surface area contributed by atoms with E-state index in [0.29, 0.717) is 17.1 Å². The van der Waals surface area contributed by atoms with Gasteiger partial charge in [0.15, 0.2) is 0 Å². The Morgan fingerprint density at radius 2 is 2.27 bits per heavy atom. The maximum absolute atomic E-state index is 13.3. The standard InChI is InChI=1S/C11H15ClFNO/c1-2-10(7-15)14-6-8-3-4-9(12)5-11(8)13/h3-5,10,14-15H,2,6-7H2,1H3/t10-/m0/s1. The highest BCUT2D eigenvalue weighted by Gasteiger charge is 2.06. The van der Waals surface area contributed by atoms with Gasteiger partial charge in [-0.3, -0.25) is 0 Å². The van der Waals surface area contributed by atoms with Crippen molar-refractivity contribution in [1.29, 1.82) is 0 Å². The fourth-order valence-electron chi connectivity index (χ4n) is 1.26. The van der Waals surface area contributed by atoms with Gasteiger partial charge in [-0.2, -0.15) is 0 Å². The SMILES string of the molecule is CC[C@@H](CO)NCc1ccc(Cl)cc1F. The first-order chi connectivity index (χ1) is 7.17. The van der Waals surface area contributed by atoms with Crippen LogP contribution in [-0.4, -0.2) is 17.8 Å². The van der Waals surface area contributed by atoms with E-state index in [4.69, 9.17) is 16.7 Å². The molecule has 0 unspecified atom stereocenters. The molecular weight excluding hydrogens is 217 g/mol. The Morgan fingerprint density at radius 3 is 2.80 bits per heavy atom. The normalized spacial score (nSPS) is 12.8. The summed E-state index contributed by atoms with van der Waals surface area (Å²) in [5, 5.41) is 12.4. The van der Waals surface area contributed by atoms with Crippen LogP contribution in [0.15, 0.2) is 18.2 Å². The summed E-state index contributed by atoms with van der Waals surface area (Å²) in [6.45, 7) is 2.43. The highest BCUT2D eigenvalue weighted by molar-refractivity contribution is 6.30. The number of hydrogen-bond donors (Lipinski definition) is 2. The zero-order chi connectivity index (χ0) is 11.3. The van der Waals surface area contributed by atoms with Crippen LogP contribution in [0.4, 0.5) is 4.39 Å². The lowest BCUT2D eigenvalue weighted by molar-refractivity contribution is 0.238. The Morgan fingerprint density at radius 1 is 1.53 bits per heavy atom. The van der Waals surface area contributed by atoms with Crippen LogP contribution >= 0.6 is 11.6 Å². The Hall–Kier alpha value is -0.640. The minimum absolute atomic E-state index is 0.0140. The van der Waals surface area contributed by atoms with Gasteiger partial charge in [-0.15, -0.1) is 0 Å². The molecule has 0 aliphatic rings. The molecular formula is C11H15ClFNO. The molecule has 1 aromatic carbocycles. The van der Waals surface area contributed by atoms with Gasteiger partial charge < -0.3 is 10.4 Å². The number of nitrogens with one attached hydrogen (secondary N) is 1. The van der Waals surface area contributed by atoms with Crippen molar-refractivity contribution in [3.05, 3.63) is 34.6 Å². The second kappa shape index (κ2) is 6.05. The number of hydrogen-bond acceptors (Lipinski definition) is 2. The van der Waals surface area contributed by atoms with Gasteiger partial charge in [0.25, 0.3) is 0 Å². The monoisotopic (exact) mass is 231 g/mol. The van der Waals surface area contributed by atoms with E-state index in [9.17, 15) is 4.39 Å². The van der Waals surface area contributed by atoms with Crippen molar-refractivity contribution >= 4 is 11.6 Å². The summed E-state index contributed by atoms with van der Waals surface area (Å²) in [6, 6.07) is 4.61. The third-order valence-electron chi connectivity index (χ3n) is 2.31. The zero-order valence-electron chi connectivity index (χ0n) is 8.63. The molecule has 0 bridgehead atoms. The Bertz CT molecular complexity index is 315. The van der Waals surface area contributed by atoms with Gasteiger partial charge in [0.05, 0.1) is 6.61 Å². The van der Waals surface area contributed by atoms with Crippen LogP contribution in [0.1, 0.15) is 18.9 Å². The minimum atomic E-state index is -0.317. The molecule has 0 aliphatic heterocycles. The van der Waals surface area contributed by atoms with E-state index in [1.165, 1.54) is 6.07 Å². The third-order valence-corrected chi connectivity index (χ3v) is 2.54. The summed E-state index contributed by atoms with van der Waals surface area (Å²) < 4.78 is 13.3. The van der Waals surface area contributed by atoms with Crippen LogP contribution in [0.2, 0.25) is 5.02 Å². The molecule has 0 aliphatic carbocycles. The average molecular weight is 232 g/mol. The molecule has 0 saturated heterocycles. The van der Waals surface area contributed by atoms with Gasteiger partial charge >= 0.3 is 0 Å². The fourth-order valence-corrected chi connectivity index (χ4v) is 1.42. The van der Waals surface area contributed by atoms with Crippen molar-refractivity contribution in [2.24, 2.45) is 0 Å². The van der Waals surface area contributed by atoms with Crippen LogP contribution in [0.5, 0.6) is 0 Å². The maximum atomic E-state index is 13.3. The molecule has 1 aromatic rings. The predicted octanol–water partition coefficient (Wildman–Crippen LogP) is 2.34. The van der Waals surface area contributed by atoms with E-state index in [1.54, 1.807) is 12.1 Å². The highest BCUT2D eigenvalue weighted by atomic mass is 35.5. The van der Waals surface area contributed by atoms with Crippen molar-refractivity contribution in [1.82, 2.24) is 5.32 Å². The molecule has 0 amide bonds. The molecule has 0 radical (unpaired) electrons. The van der Waals surface area contributed by atoms with Crippen LogP contribution in [0, 0.1) is 5.82 Å². The van der Waals surface area contributed by atoms with Crippen molar-refractivity contribution in [2.45, 2.75) is 25.9 Å². The maximum Gasteiger partial charge on any atom is 0.129 e. The molecule has 84 valence electrons. The predicted molar refractivity (Wildman–Crippen MR) is 59.4 cm³/mol. The van der Waals surface area contributed by atoms with Crippen molar-refractivity contribution in [3.63, 3.8) is 0 Å². The van der Waals surface area contributed by atoms with E-state index >= 15 is 0 Å². The summed E-state index contributed by atoms with van der Waals surface area (Å²) in [4.78, 5) is 0. The summed E-state index contributed by atoms with van der Waals surface area (Å²) in [7, 11) is 0. The molecule has 0 heterocycles. The Balaban J connectivity index is 2.57. The first kappa shape index (κ1) is 12.4. The third kappa shape index (κ3) is 3.78. The molecule has 2 nitrogen and oxygen atoms in total. The van der Waals surface area contributed by atoms with Gasteiger partial charge in [0.2, 0.25) is 0 Å². The first-order valence-corrected chi connectivity index (χ1v) is 5.33. The lowest BCUT2D eigenvalue weighted by atomic mass is 10.2. The first-order valence-electron chi connectivity index (χ1n) is 4.95. The van der Waals surface area contributed by atoms with E-state index < -0.39 is 0 Å². The molecule has 2 N–H and O–H groups in total. The number of aliphatic hydroxyl groups is 1. The molecule has 0 spiro atoms. The number of benzene rings is 1. The van der Waals surface area contributed by atoms with Crippen LogP contribution in [0.3, 0.4) is 0 Å². The van der Waals surface area contributed by atoms with E-state index in [0.717, 1.165) is 6.42 Å². The quantitative estimate of drug-likeness (QED) is 0.815. The molecule has 1 atom stereocenters. The van der Waals surface area contributed by atoms with Crippen molar-refractivity contribution in [3.8, 4) is 0 Å². The van der Waals surface area contributed by atoms with Gasteiger partial charge in [-0.25, -0.2) is 4.39 Å². The van der Waals surface area contributed by atoms with Crippen molar-refractivity contribution < 1.29 is 9.50 Å². The number of rotatable bonds is 5. The van der Waals surface area contributed by atoms with E-state index in [-0.39, 0.29) is 18.5 Å². The van der Waals surface area contributed by atoms with Crippen LogP contribution in [0.25, 0.3) is 0 Å². The van der Waals surface area contributed by atoms with Crippen LogP contribution in [-0.2, 0) is 6.54 Å². The second-order valence-electron chi connectivity index (χ2n) is 3.40. The fraction of sp³-hybridized carbons (Fsp3) is 0.455. The summed E-state index contributed by atoms with van der Waals surface area (Å²) in [5.41, 5.74) is 0.561. The lowest BCUT2D eigenvalue weighted by Crippen LogP contribution is -2.31. The summed E-state index contributed by atoms with van der Waals surface area (Å²) in [5.74, 6) is -0.317. The molecule has 15 heavy (non-hydrogen) atoms. The molecule has 0 aromatic heterocycles. The van der Waals surface area contributed by atoms with E-state index in [2.05, 4.69) is 5.32 Å². The van der Waals surface area contributed by atoms with Crippen molar-refractivity contribution in [2.75, 3.05) is 6.61 Å². The molecule has 4 heteroatoms. The van der Waals surface area contributed by atoms with E-state index in [1.807, 2.05) is 6.92 Å². The Kier molecular flexibility index (Phi) is 5.02. The number of aliphatic hydroxyl groups excluding tert-OH is 1. The molecule has 0 saturated carbocycles. The second-order valence-corrected chi connectivity index (χ2v) is 3.84. The van der Waals surface area contributed by atoms with Gasteiger partial charge in [0, 0.05) is 23.2 Å². The molecule has 1 rings (SSSR count). The molecule has 0 fully saturated rings. The minimum Gasteiger partial charge on any atom is -0.395 e. The van der Waals surface area contributed by atoms with Gasteiger partial charge in [-0.1, -0.05) is 24.6 Å². The summed E-state index contributed by atoms with van der Waals surface area (Å²) >= 11 is 5.63. The van der Waals surface area contributed by atoms with Gasteiger partial charge in [0.1, 0.15) is 5.82 Å². The smallest absolute Gasteiger partial charge is 0.129 e. The highest BCUT2D eigenvalue weighted by Crippen LogP contribution is 2.14. The zero-order valence-corrected chi connectivity index (χ0v) is 9.39. The topological polar surface area (TPSA) is 32.3 Å². The average Bonchev–Trinajstić information content (AvgIpc) is 2.22. The summed E-state index contributed by atoms with van der Waals surface area (Å²) in [6.07, 6.45) is 0.811. The largest absolute Gasteiger partial charge is 0.395 e. The van der Waals surface area contributed by atoms with Crippen LogP contribution < -0.4 is 5.32 Å². The number of halogens is 2. The lowest BCUT2D eigenvalue weighted by Gasteiger charge is -2.14. The van der Waals surface area contributed by atoms with Gasteiger partial charge in [-0.05, 0) is 18.6 Å².